The number of phenolic OH excluding ortho intramolecular Hbond substituents is 1. The third-order valence-electron chi connectivity index (χ3n) is 11.2. The van der Waals surface area contributed by atoms with Crippen LogP contribution in [0.3, 0.4) is 0 Å². The van der Waals surface area contributed by atoms with Gasteiger partial charge in [0.05, 0.1) is 42.7 Å². The van der Waals surface area contributed by atoms with Gasteiger partial charge in [-0.2, -0.15) is 0 Å². The number of aromatic hydroxyl groups is 1. The Morgan fingerprint density at radius 3 is 2.27 bits per heavy atom. The van der Waals surface area contributed by atoms with E-state index in [0.717, 1.165) is 28.9 Å². The van der Waals surface area contributed by atoms with Crippen molar-refractivity contribution in [1.82, 2.24) is 36.4 Å². The Labute approximate surface area is 387 Å². The molecule has 0 aliphatic carbocycles. The minimum Gasteiger partial charge on any atom is -0.504 e. The van der Waals surface area contributed by atoms with Crippen molar-refractivity contribution in [2.75, 3.05) is 32.8 Å². The van der Waals surface area contributed by atoms with Crippen molar-refractivity contribution in [2.45, 2.75) is 112 Å². The minimum atomic E-state index is -2.11. The molecule has 3 aliphatic heterocycles. The van der Waals surface area contributed by atoms with Gasteiger partial charge in [-0.3, -0.25) is 28.8 Å². The van der Waals surface area contributed by atoms with Gasteiger partial charge in [0.15, 0.2) is 11.5 Å². The number of fused-ring (bicyclic) bond motifs is 2. The minimum absolute atomic E-state index is 0.0744. The molecule has 28 heteroatoms. The first-order valence-corrected chi connectivity index (χ1v) is 21.6. The number of alkyl carbamates (subject to hydrolysis) is 1. The Balaban J connectivity index is 1.81. The highest BCUT2D eigenvalue weighted by molar-refractivity contribution is 7.90. The Morgan fingerprint density at radius 2 is 1.60 bits per heavy atom. The Hall–Kier alpha value is -5.40. The number of hydrogen-bond donors (Lipinski definition) is 14. The molecular weight excluding hydrogens is 917 g/mol. The van der Waals surface area contributed by atoms with E-state index >= 15 is 0 Å². The topological polar surface area (TPSA) is 411 Å². The molecule has 7 amide bonds. The molecule has 0 unspecified atom stereocenters. The van der Waals surface area contributed by atoms with Crippen LogP contribution in [0.5, 0.6) is 11.5 Å². The SMILES string of the molecule is C=CCOC(=O)NCC[C@@H](O)[C@@H]1NC(=O)[C@H]([C@H](O)Cc2ccc(O)c(OSOOO)c2)NC(=O)[C@@H]2C[C@@H](O)CN2C(=O)[C@H]([C@H](C)O)NC(=O)[C@@H](N)C[C@H](O)CNC(=O)[C@@H]2[C@@H](O)[C@H](C)CN2C1=O. The summed E-state index contributed by atoms with van der Waals surface area (Å²) in [6.45, 7) is 4.13. The molecule has 0 radical (unpaired) electrons. The number of β-amino-alcohol motifs (C(OH)–C–C–N with tert-alkyl or cyclic N) is 1. The number of rotatable bonds is 14. The number of amides is 7. The van der Waals surface area contributed by atoms with Crippen LogP contribution in [-0.2, 0) is 49.3 Å². The molecule has 3 fully saturated rings. The fraction of sp³-hybridized carbons (Fsp3) is 0.615. The second-order valence-corrected chi connectivity index (χ2v) is 16.7. The zero-order valence-corrected chi connectivity index (χ0v) is 37.2. The molecule has 1 aromatic carbocycles. The highest BCUT2D eigenvalue weighted by Gasteiger charge is 2.49. The first-order chi connectivity index (χ1) is 31.7. The normalized spacial score (nSPS) is 29.5. The lowest BCUT2D eigenvalue weighted by atomic mass is 9.98. The van der Waals surface area contributed by atoms with Crippen molar-refractivity contribution in [3.63, 3.8) is 0 Å². The quantitative estimate of drug-likeness (QED) is 0.0272. The molecule has 3 saturated heterocycles. The molecule has 15 N–H and O–H groups in total. The fourth-order valence-electron chi connectivity index (χ4n) is 7.67. The Kier molecular flexibility index (Phi) is 20.3. The highest BCUT2D eigenvalue weighted by Crippen LogP contribution is 2.31. The maximum atomic E-state index is 14.6. The molecule has 0 aromatic heterocycles. The van der Waals surface area contributed by atoms with E-state index in [2.05, 4.69) is 42.5 Å². The lowest BCUT2D eigenvalue weighted by Crippen LogP contribution is -2.64. The van der Waals surface area contributed by atoms with E-state index in [1.54, 1.807) is 0 Å². The van der Waals surface area contributed by atoms with Crippen LogP contribution in [0.4, 0.5) is 4.79 Å². The number of nitrogens with two attached hydrogens (primary N) is 1. The van der Waals surface area contributed by atoms with Gasteiger partial charge in [-0.15, -0.1) is 0 Å². The summed E-state index contributed by atoms with van der Waals surface area (Å²) < 4.78 is 14.1. The molecule has 13 atom stereocenters. The number of hydrogen-bond acceptors (Lipinski definition) is 21. The number of ether oxygens (including phenoxy) is 1. The lowest BCUT2D eigenvalue weighted by molar-refractivity contribution is -0.433. The van der Waals surface area contributed by atoms with E-state index in [1.807, 2.05) is 0 Å². The average molecular weight is 975 g/mol. The molecule has 27 nitrogen and oxygen atoms in total. The van der Waals surface area contributed by atoms with Crippen molar-refractivity contribution < 1.29 is 92.9 Å². The smallest absolute Gasteiger partial charge is 0.407 e. The molecule has 374 valence electrons. The van der Waals surface area contributed by atoms with Gasteiger partial charge in [0.25, 0.3) is 12.3 Å². The van der Waals surface area contributed by atoms with Gasteiger partial charge in [-0.05, 0) is 37.5 Å². The Morgan fingerprint density at radius 1 is 0.925 bits per heavy atom. The Bertz CT molecular complexity index is 1940. The maximum Gasteiger partial charge on any atom is 0.407 e. The van der Waals surface area contributed by atoms with Crippen molar-refractivity contribution in [3.8, 4) is 11.5 Å². The number of aliphatic hydroxyl groups excluding tert-OH is 6. The lowest BCUT2D eigenvalue weighted by Gasteiger charge is -2.34. The number of carbonyl (C=O) groups is 7. The summed E-state index contributed by atoms with van der Waals surface area (Å²) in [7, 11) is 0. The van der Waals surface area contributed by atoms with Crippen LogP contribution in [0.25, 0.3) is 0 Å². The summed E-state index contributed by atoms with van der Waals surface area (Å²) in [5, 5.41) is 100. The van der Waals surface area contributed by atoms with Crippen LogP contribution in [0.15, 0.2) is 30.9 Å². The number of nitrogens with zero attached hydrogens (tertiary/aromatic N) is 2. The summed E-state index contributed by atoms with van der Waals surface area (Å²) in [5.41, 5.74) is 6.16. The molecule has 0 saturated carbocycles. The van der Waals surface area contributed by atoms with Crippen LogP contribution in [-0.4, -0.2) is 198 Å². The van der Waals surface area contributed by atoms with Gasteiger partial charge < -0.3 is 86.8 Å². The molecule has 0 spiro atoms. The van der Waals surface area contributed by atoms with Gasteiger partial charge in [0.1, 0.15) is 36.8 Å². The van der Waals surface area contributed by atoms with E-state index < -0.39 is 165 Å². The summed E-state index contributed by atoms with van der Waals surface area (Å²) in [6, 6.07) is -7.26. The van der Waals surface area contributed by atoms with Crippen molar-refractivity contribution in [3.05, 3.63) is 36.4 Å². The maximum absolute atomic E-state index is 14.6. The van der Waals surface area contributed by atoms with Crippen LogP contribution in [0, 0.1) is 5.92 Å². The number of phenols is 1. The van der Waals surface area contributed by atoms with Gasteiger partial charge >= 0.3 is 6.09 Å². The highest BCUT2D eigenvalue weighted by atomic mass is 32.2. The standard InChI is InChI=1S/C39H58N8O19S/c1-4-9-63-39(61)41-8-7-25(52)30-38(60)47-15-17(2)32(54)31(47)36(58)42-14-20(49)12-22(40)33(55)43-28(18(3)48)37(59)46-16-21(50)13-23(46)34(56)44-29(35(57)45-30)26(53)10-19-5-6-24(51)27(11-19)64-67-66-65-62/h4-6,11,17-18,20-23,25-26,28-32,48-54,62H,1,7-10,12-16,40H2,2-3H3,(H,41,61)(H,42,58)(H,43,55)(H,44,56)(H,45,57)/t17-,18+,20+,21-,22+,23+,25-,26-,28+,29+,30+,31+,32+/m1/s1. The predicted octanol–water partition coefficient (Wildman–Crippen LogP) is -5.47. The zero-order valence-electron chi connectivity index (χ0n) is 36.3. The van der Waals surface area contributed by atoms with Crippen LogP contribution in [0.2, 0.25) is 0 Å². The van der Waals surface area contributed by atoms with E-state index in [-0.39, 0.29) is 43.3 Å². The number of aliphatic hydroxyl groups is 6. The molecule has 3 heterocycles. The van der Waals surface area contributed by atoms with Crippen LogP contribution < -0.4 is 36.5 Å². The van der Waals surface area contributed by atoms with Crippen molar-refractivity contribution in [1.29, 1.82) is 0 Å². The summed E-state index contributed by atoms with van der Waals surface area (Å²) >= 11 is 0.0744. The van der Waals surface area contributed by atoms with Gasteiger partial charge in [0.2, 0.25) is 35.4 Å². The third-order valence-corrected chi connectivity index (χ3v) is 11.5. The van der Waals surface area contributed by atoms with Crippen molar-refractivity contribution in [2.24, 2.45) is 11.7 Å². The third kappa shape index (κ3) is 14.5. The monoisotopic (exact) mass is 974 g/mol. The number of carbonyl (C=O) groups excluding carboxylic acids is 7. The van der Waals surface area contributed by atoms with Gasteiger partial charge in [-0.25, -0.2) is 10.1 Å². The summed E-state index contributed by atoms with van der Waals surface area (Å²) in [5.74, 6) is -8.35. The van der Waals surface area contributed by atoms with Gasteiger partial charge in [-0.1, -0.05) is 35.0 Å². The number of nitrogens with one attached hydrogen (secondary N) is 5. The van der Waals surface area contributed by atoms with E-state index in [4.69, 9.17) is 19.9 Å². The second kappa shape index (κ2) is 25.1. The summed E-state index contributed by atoms with van der Waals surface area (Å²) in [6.07, 6.45) is -11.6. The first-order valence-electron chi connectivity index (χ1n) is 21.0. The molecule has 67 heavy (non-hydrogen) atoms. The number of benzene rings is 1. The van der Waals surface area contributed by atoms with E-state index in [0.29, 0.717) is 0 Å². The molecule has 1 aromatic rings. The molecule has 3 aliphatic rings. The van der Waals surface area contributed by atoms with Crippen molar-refractivity contribution >= 4 is 53.9 Å². The van der Waals surface area contributed by atoms with Gasteiger partial charge in [0, 0.05) is 44.9 Å². The second-order valence-electron chi connectivity index (χ2n) is 16.3. The zero-order chi connectivity index (χ0) is 49.7. The molecule has 0 bridgehead atoms. The fourth-order valence-corrected chi connectivity index (χ4v) is 7.93. The average Bonchev–Trinajstić information content (AvgIpc) is 3.82. The first kappa shape index (κ1) is 54.2. The largest absolute Gasteiger partial charge is 0.504 e. The van der Waals surface area contributed by atoms with E-state index in [9.17, 15) is 69.3 Å². The van der Waals surface area contributed by atoms with Crippen LogP contribution in [0.1, 0.15) is 38.7 Å². The summed E-state index contributed by atoms with van der Waals surface area (Å²) in [4.78, 5) is 98.1. The molecular formula is C39H58N8O19S. The molecule has 4 rings (SSSR count). The van der Waals surface area contributed by atoms with E-state index in [1.165, 1.54) is 19.1 Å². The predicted molar refractivity (Wildman–Crippen MR) is 227 cm³/mol. The van der Waals surface area contributed by atoms with Crippen LogP contribution >= 0.6 is 12.3 Å².